The quantitative estimate of drug-likeness (QED) is 0.781. The number of nitrogens with one attached hydrogen (secondary N) is 1. The molecule has 18 heavy (non-hydrogen) atoms. The zero-order valence-electron chi connectivity index (χ0n) is 9.27. The van der Waals surface area contributed by atoms with Gasteiger partial charge in [-0.25, -0.2) is 0 Å². The maximum Gasteiger partial charge on any atom is 0.255 e. The van der Waals surface area contributed by atoms with Crippen molar-refractivity contribution in [3.63, 3.8) is 0 Å². The maximum absolute atomic E-state index is 12.2. The monoisotopic (exact) mass is 308 g/mol. The van der Waals surface area contributed by atoms with E-state index in [1.54, 1.807) is 12.1 Å². The molecule has 2 heterocycles. The molecular weight excluding hydrogens is 300 g/mol. The number of rotatable bonds is 1. The van der Waals surface area contributed by atoms with Crippen molar-refractivity contribution in [3.05, 3.63) is 33.8 Å². The molecule has 0 bridgehead atoms. The van der Waals surface area contributed by atoms with Crippen LogP contribution in [-0.2, 0) is 16.1 Å². The van der Waals surface area contributed by atoms with Crippen molar-refractivity contribution in [2.45, 2.75) is 19.0 Å². The lowest BCUT2D eigenvalue weighted by Crippen LogP contribution is -2.40. The number of imide groups is 1. The van der Waals surface area contributed by atoms with Crippen LogP contribution in [0.5, 0.6) is 0 Å². The third-order valence-electron chi connectivity index (χ3n) is 3.26. The largest absolute Gasteiger partial charge is 0.322 e. The van der Waals surface area contributed by atoms with Crippen LogP contribution in [-0.4, -0.2) is 28.7 Å². The van der Waals surface area contributed by atoms with Crippen LogP contribution in [0, 0.1) is 0 Å². The molecule has 1 N–H and O–H groups in total. The number of halogens is 1. The highest BCUT2D eigenvalue weighted by Crippen LogP contribution is 2.31. The number of carbonyl (C=O) groups is 3. The van der Waals surface area contributed by atoms with Gasteiger partial charge < -0.3 is 4.90 Å². The Morgan fingerprint density at radius 1 is 1.28 bits per heavy atom. The second-order valence-corrected chi connectivity index (χ2v) is 5.19. The first-order chi connectivity index (χ1) is 8.58. The van der Waals surface area contributed by atoms with Gasteiger partial charge in [-0.1, -0.05) is 22.0 Å². The Labute approximate surface area is 111 Å². The van der Waals surface area contributed by atoms with Crippen LogP contribution in [0.25, 0.3) is 0 Å². The third kappa shape index (κ3) is 1.56. The number of fused-ring (bicyclic) bond motifs is 1. The molecule has 92 valence electrons. The van der Waals surface area contributed by atoms with E-state index in [0.717, 1.165) is 10.0 Å². The van der Waals surface area contributed by atoms with Crippen LogP contribution in [0.1, 0.15) is 22.3 Å². The summed E-state index contributed by atoms with van der Waals surface area (Å²) in [6, 6.07) is 4.70. The number of nitrogens with zero attached hydrogens (tertiary/aromatic N) is 1. The van der Waals surface area contributed by atoms with Crippen molar-refractivity contribution in [3.8, 4) is 0 Å². The van der Waals surface area contributed by atoms with E-state index in [1.807, 2.05) is 6.07 Å². The van der Waals surface area contributed by atoms with Crippen LogP contribution in [0.2, 0.25) is 0 Å². The van der Waals surface area contributed by atoms with Gasteiger partial charge in [0.2, 0.25) is 11.8 Å². The maximum atomic E-state index is 12.2. The van der Waals surface area contributed by atoms with E-state index in [2.05, 4.69) is 21.2 Å². The van der Waals surface area contributed by atoms with E-state index in [0.29, 0.717) is 12.1 Å². The molecule has 3 rings (SSSR count). The van der Waals surface area contributed by atoms with Crippen molar-refractivity contribution < 1.29 is 14.4 Å². The standard InChI is InChI=1S/C12H9BrN2O3/c13-8-3-1-2-6-7(8)5-15(12(6)18)9-4-10(16)14-11(9)17/h1-3,9H,4-5H2,(H,14,16,17). The average Bonchev–Trinajstić information content (AvgIpc) is 2.81. The van der Waals surface area contributed by atoms with Gasteiger partial charge in [-0.3, -0.25) is 19.7 Å². The van der Waals surface area contributed by atoms with Gasteiger partial charge in [0.1, 0.15) is 6.04 Å². The SMILES string of the molecule is O=C1CC(N2Cc3c(Br)cccc3C2=O)C(=O)N1. The Morgan fingerprint density at radius 2 is 2.06 bits per heavy atom. The van der Waals surface area contributed by atoms with E-state index in [1.165, 1.54) is 4.90 Å². The molecule has 5 nitrogen and oxygen atoms in total. The molecule has 0 radical (unpaired) electrons. The first kappa shape index (κ1) is 11.4. The third-order valence-corrected chi connectivity index (χ3v) is 4.00. The molecule has 1 saturated heterocycles. The zero-order chi connectivity index (χ0) is 12.9. The van der Waals surface area contributed by atoms with Gasteiger partial charge in [-0.05, 0) is 17.7 Å². The summed E-state index contributed by atoms with van der Waals surface area (Å²) in [5.74, 6) is -0.911. The summed E-state index contributed by atoms with van der Waals surface area (Å²) < 4.78 is 0.848. The Morgan fingerprint density at radius 3 is 2.67 bits per heavy atom. The van der Waals surface area contributed by atoms with E-state index in [4.69, 9.17) is 0 Å². The van der Waals surface area contributed by atoms with Gasteiger partial charge in [-0.2, -0.15) is 0 Å². The summed E-state index contributed by atoms with van der Waals surface area (Å²) in [6.07, 6.45) is 0.0518. The lowest BCUT2D eigenvalue weighted by Gasteiger charge is -2.20. The molecular formula is C12H9BrN2O3. The van der Waals surface area contributed by atoms with E-state index in [-0.39, 0.29) is 18.2 Å². The molecule has 2 aliphatic heterocycles. The number of amides is 3. The molecule has 0 aliphatic carbocycles. The fraction of sp³-hybridized carbons (Fsp3) is 0.250. The van der Waals surface area contributed by atoms with Crippen molar-refractivity contribution in [2.24, 2.45) is 0 Å². The van der Waals surface area contributed by atoms with Gasteiger partial charge in [0, 0.05) is 16.6 Å². The Balaban J connectivity index is 1.95. The predicted molar refractivity (Wildman–Crippen MR) is 65.6 cm³/mol. The van der Waals surface area contributed by atoms with Gasteiger partial charge in [0.25, 0.3) is 5.91 Å². The molecule has 1 fully saturated rings. The lowest BCUT2D eigenvalue weighted by atomic mass is 10.1. The number of carbonyl (C=O) groups excluding carboxylic acids is 3. The van der Waals surface area contributed by atoms with Crippen molar-refractivity contribution in [1.82, 2.24) is 10.2 Å². The lowest BCUT2D eigenvalue weighted by molar-refractivity contribution is -0.126. The molecule has 1 aromatic rings. The van der Waals surface area contributed by atoms with Crippen molar-refractivity contribution >= 4 is 33.7 Å². The molecule has 1 atom stereocenters. The summed E-state index contributed by atoms with van der Waals surface area (Å²) in [5.41, 5.74) is 1.46. The molecule has 3 amide bonds. The van der Waals surface area contributed by atoms with E-state index in [9.17, 15) is 14.4 Å². The minimum Gasteiger partial charge on any atom is -0.322 e. The average molecular weight is 309 g/mol. The molecule has 1 aromatic carbocycles. The fourth-order valence-corrected chi connectivity index (χ4v) is 2.85. The number of hydrogen-bond acceptors (Lipinski definition) is 3. The van der Waals surface area contributed by atoms with Gasteiger partial charge >= 0.3 is 0 Å². The fourth-order valence-electron chi connectivity index (χ4n) is 2.36. The van der Waals surface area contributed by atoms with Crippen LogP contribution >= 0.6 is 15.9 Å². The van der Waals surface area contributed by atoms with Crippen molar-refractivity contribution in [2.75, 3.05) is 0 Å². The Hall–Kier alpha value is -1.69. The topological polar surface area (TPSA) is 66.5 Å². The van der Waals surface area contributed by atoms with Crippen LogP contribution in [0.15, 0.2) is 22.7 Å². The van der Waals surface area contributed by atoms with E-state index < -0.39 is 11.9 Å². The molecule has 1 unspecified atom stereocenters. The molecule has 2 aliphatic rings. The smallest absolute Gasteiger partial charge is 0.255 e. The minimum absolute atomic E-state index is 0.0518. The van der Waals surface area contributed by atoms with Crippen LogP contribution < -0.4 is 5.32 Å². The predicted octanol–water partition coefficient (Wildman–Crippen LogP) is 0.820. The second-order valence-electron chi connectivity index (χ2n) is 4.33. The summed E-state index contributed by atoms with van der Waals surface area (Å²) in [4.78, 5) is 36.5. The first-order valence-electron chi connectivity index (χ1n) is 5.50. The van der Waals surface area contributed by atoms with Crippen LogP contribution in [0.3, 0.4) is 0 Å². The Kier molecular flexibility index (Phi) is 2.48. The second kappa shape index (κ2) is 3.91. The molecule has 0 spiro atoms. The van der Waals surface area contributed by atoms with Gasteiger partial charge in [0.15, 0.2) is 0 Å². The summed E-state index contributed by atoms with van der Waals surface area (Å²) in [7, 11) is 0. The number of benzene rings is 1. The highest BCUT2D eigenvalue weighted by Gasteiger charge is 2.41. The first-order valence-corrected chi connectivity index (χ1v) is 6.29. The van der Waals surface area contributed by atoms with Gasteiger partial charge in [0.05, 0.1) is 6.42 Å². The molecule has 6 heteroatoms. The highest BCUT2D eigenvalue weighted by atomic mass is 79.9. The molecule has 0 aromatic heterocycles. The summed E-state index contributed by atoms with van der Waals surface area (Å²) >= 11 is 3.39. The number of hydrogen-bond donors (Lipinski definition) is 1. The molecule has 0 saturated carbocycles. The zero-order valence-corrected chi connectivity index (χ0v) is 10.9. The van der Waals surface area contributed by atoms with Gasteiger partial charge in [-0.15, -0.1) is 0 Å². The van der Waals surface area contributed by atoms with Crippen molar-refractivity contribution in [1.29, 1.82) is 0 Å². The Bertz CT molecular complexity index is 585. The highest BCUT2D eigenvalue weighted by molar-refractivity contribution is 9.10. The summed E-state index contributed by atoms with van der Waals surface area (Å²) in [5, 5.41) is 2.22. The minimum atomic E-state index is -0.677. The van der Waals surface area contributed by atoms with Crippen LogP contribution in [0.4, 0.5) is 0 Å². The summed E-state index contributed by atoms with van der Waals surface area (Å²) in [6.45, 7) is 0.362. The normalized spacial score (nSPS) is 22.4. The van der Waals surface area contributed by atoms with E-state index >= 15 is 0 Å².